The highest BCUT2D eigenvalue weighted by molar-refractivity contribution is 6.02. The van der Waals surface area contributed by atoms with Gasteiger partial charge in [-0.2, -0.15) is 13.2 Å². The average molecular weight is 541 g/mol. The number of carboxylic acid groups (broad SMARTS) is 1. The number of carboxylic acids is 1. The number of aliphatic carboxylic acids is 1. The van der Waals surface area contributed by atoms with E-state index in [1.165, 1.54) is 30.3 Å². The molecule has 0 fully saturated rings. The smallest absolute Gasteiger partial charge is 0.418 e. The summed E-state index contributed by atoms with van der Waals surface area (Å²) in [6.07, 6.45) is -2.99. The van der Waals surface area contributed by atoms with E-state index in [4.69, 9.17) is 0 Å². The van der Waals surface area contributed by atoms with E-state index in [-0.39, 0.29) is 22.8 Å². The van der Waals surface area contributed by atoms with Crippen molar-refractivity contribution in [3.8, 4) is 11.4 Å². The Labute approximate surface area is 219 Å². The number of urea groups is 1. The van der Waals surface area contributed by atoms with Gasteiger partial charge in [-0.05, 0) is 54.4 Å². The van der Waals surface area contributed by atoms with Crippen LogP contribution < -0.4 is 16.0 Å². The predicted molar refractivity (Wildman–Crippen MR) is 136 cm³/mol. The third-order valence-electron chi connectivity index (χ3n) is 5.78. The summed E-state index contributed by atoms with van der Waals surface area (Å²) >= 11 is 0. The fraction of sp³-hybridized carbons (Fsp3) is 0.192. The Bertz CT molecular complexity index is 1530. The van der Waals surface area contributed by atoms with Crippen LogP contribution in [0.3, 0.4) is 0 Å². The SMILES string of the molecule is CC(C)C(NC(=O)c1cccn2c(-c3ccc(NC(=O)Nc4ccccc4C(F)(F)F)cc3)nnc12)C(=O)O. The Hall–Kier alpha value is -4.94. The molecule has 0 aliphatic heterocycles. The standard InChI is InChI=1S/C26H23F3N6O4/c1-14(2)20(24(37)38)32-23(36)17-6-5-13-35-21(33-34-22(17)35)15-9-11-16(12-10-15)30-25(39)31-19-8-4-3-7-18(19)26(27,28)29/h3-14,20H,1-2H3,(H,32,36)(H,37,38)(H2,30,31,39). The third-order valence-corrected chi connectivity index (χ3v) is 5.78. The van der Waals surface area contributed by atoms with Gasteiger partial charge in [-0.3, -0.25) is 9.20 Å². The van der Waals surface area contributed by atoms with Crippen LogP contribution in [0.1, 0.15) is 29.8 Å². The summed E-state index contributed by atoms with van der Waals surface area (Å²) in [6.45, 7) is 3.36. The Morgan fingerprint density at radius 3 is 2.26 bits per heavy atom. The lowest BCUT2D eigenvalue weighted by Crippen LogP contribution is -2.44. The number of rotatable bonds is 7. The van der Waals surface area contributed by atoms with Crippen LogP contribution in [0.2, 0.25) is 0 Å². The number of amides is 3. The minimum Gasteiger partial charge on any atom is -0.480 e. The number of pyridine rings is 1. The first-order valence-electron chi connectivity index (χ1n) is 11.7. The number of carbonyl (C=O) groups is 3. The first-order chi connectivity index (χ1) is 18.5. The molecule has 2 aromatic heterocycles. The van der Waals surface area contributed by atoms with E-state index in [9.17, 15) is 32.7 Å². The minimum atomic E-state index is -4.63. The van der Waals surface area contributed by atoms with Gasteiger partial charge < -0.3 is 21.1 Å². The summed E-state index contributed by atoms with van der Waals surface area (Å²) in [6, 6.07) is 12.1. The molecule has 0 saturated carbocycles. The van der Waals surface area contributed by atoms with Crippen LogP contribution >= 0.6 is 0 Å². The molecule has 13 heteroatoms. The van der Waals surface area contributed by atoms with Gasteiger partial charge in [0.05, 0.1) is 16.8 Å². The summed E-state index contributed by atoms with van der Waals surface area (Å²) in [4.78, 5) is 36.6. The molecule has 0 aliphatic rings. The van der Waals surface area contributed by atoms with Crippen LogP contribution in [0.15, 0.2) is 66.9 Å². The van der Waals surface area contributed by atoms with Crippen molar-refractivity contribution in [3.05, 3.63) is 78.0 Å². The normalized spacial score (nSPS) is 12.3. The maximum atomic E-state index is 13.2. The van der Waals surface area contributed by atoms with Crippen molar-refractivity contribution in [1.82, 2.24) is 19.9 Å². The lowest BCUT2D eigenvalue weighted by molar-refractivity contribution is -0.140. The van der Waals surface area contributed by atoms with Crippen molar-refractivity contribution < 1.29 is 32.7 Å². The highest BCUT2D eigenvalue weighted by Gasteiger charge is 2.33. The molecule has 0 aliphatic carbocycles. The molecule has 2 heterocycles. The second-order valence-electron chi connectivity index (χ2n) is 8.87. The molecule has 2 aromatic carbocycles. The van der Waals surface area contributed by atoms with Crippen molar-refractivity contribution in [1.29, 1.82) is 0 Å². The lowest BCUT2D eigenvalue weighted by atomic mass is 10.0. The van der Waals surface area contributed by atoms with E-state index >= 15 is 0 Å². The molecule has 4 rings (SSSR count). The molecule has 202 valence electrons. The summed E-state index contributed by atoms with van der Waals surface area (Å²) < 4.78 is 41.1. The molecule has 39 heavy (non-hydrogen) atoms. The molecule has 3 amide bonds. The first-order valence-corrected chi connectivity index (χ1v) is 11.7. The van der Waals surface area contributed by atoms with Gasteiger partial charge in [0.25, 0.3) is 5.91 Å². The molecule has 1 atom stereocenters. The van der Waals surface area contributed by atoms with Gasteiger partial charge in [-0.15, -0.1) is 10.2 Å². The number of nitrogens with zero attached hydrogens (tertiary/aromatic N) is 3. The van der Waals surface area contributed by atoms with Crippen molar-refractivity contribution >= 4 is 34.9 Å². The van der Waals surface area contributed by atoms with Crippen molar-refractivity contribution in [2.45, 2.75) is 26.1 Å². The summed E-state index contributed by atoms with van der Waals surface area (Å²) in [5, 5.41) is 24.8. The van der Waals surface area contributed by atoms with Gasteiger partial charge >= 0.3 is 18.2 Å². The molecular weight excluding hydrogens is 517 g/mol. The highest BCUT2D eigenvalue weighted by Crippen LogP contribution is 2.34. The second-order valence-corrected chi connectivity index (χ2v) is 8.87. The van der Waals surface area contributed by atoms with E-state index < -0.39 is 35.7 Å². The number of carbonyl (C=O) groups excluding carboxylic acids is 2. The predicted octanol–water partition coefficient (Wildman–Crippen LogP) is 4.90. The van der Waals surface area contributed by atoms with Crippen LogP contribution in [0, 0.1) is 5.92 Å². The zero-order valence-electron chi connectivity index (χ0n) is 20.7. The number of hydrogen-bond donors (Lipinski definition) is 4. The number of benzene rings is 2. The second kappa shape index (κ2) is 10.8. The average Bonchev–Trinajstić information content (AvgIpc) is 3.31. The fourth-order valence-electron chi connectivity index (χ4n) is 3.85. The molecular formula is C26H23F3N6O4. The highest BCUT2D eigenvalue weighted by atomic mass is 19.4. The molecule has 4 aromatic rings. The van der Waals surface area contributed by atoms with E-state index in [0.29, 0.717) is 17.1 Å². The van der Waals surface area contributed by atoms with Crippen molar-refractivity contribution in [2.75, 3.05) is 10.6 Å². The molecule has 4 N–H and O–H groups in total. The fourth-order valence-corrected chi connectivity index (χ4v) is 3.85. The van der Waals surface area contributed by atoms with E-state index in [1.807, 2.05) is 0 Å². The van der Waals surface area contributed by atoms with Crippen LogP contribution in [0.4, 0.5) is 29.3 Å². The van der Waals surface area contributed by atoms with E-state index in [1.54, 1.807) is 42.6 Å². The number of nitrogens with one attached hydrogen (secondary N) is 3. The number of halogens is 3. The number of fused-ring (bicyclic) bond motifs is 1. The van der Waals surface area contributed by atoms with Crippen molar-refractivity contribution in [2.24, 2.45) is 5.92 Å². The van der Waals surface area contributed by atoms with E-state index in [2.05, 4.69) is 26.1 Å². The number of para-hydroxylation sites is 1. The molecule has 0 saturated heterocycles. The monoisotopic (exact) mass is 540 g/mol. The zero-order chi connectivity index (χ0) is 28.3. The molecule has 1 unspecified atom stereocenters. The number of aromatic nitrogens is 3. The first kappa shape index (κ1) is 27.1. The Balaban J connectivity index is 1.51. The van der Waals surface area contributed by atoms with Gasteiger partial charge in [0.2, 0.25) is 0 Å². The van der Waals surface area contributed by atoms with Gasteiger partial charge in [-0.25, -0.2) is 9.59 Å². The third kappa shape index (κ3) is 5.98. The zero-order valence-corrected chi connectivity index (χ0v) is 20.7. The van der Waals surface area contributed by atoms with E-state index in [0.717, 1.165) is 12.1 Å². The van der Waals surface area contributed by atoms with Crippen LogP contribution in [0.5, 0.6) is 0 Å². The molecule has 0 spiro atoms. The quantitative estimate of drug-likeness (QED) is 0.263. The Kier molecular flexibility index (Phi) is 7.51. The largest absolute Gasteiger partial charge is 0.480 e. The van der Waals surface area contributed by atoms with Crippen molar-refractivity contribution in [3.63, 3.8) is 0 Å². The summed E-state index contributed by atoms with van der Waals surface area (Å²) in [5.74, 6) is -1.74. The summed E-state index contributed by atoms with van der Waals surface area (Å²) in [7, 11) is 0. The molecule has 0 bridgehead atoms. The number of alkyl halides is 3. The van der Waals surface area contributed by atoms with Gasteiger partial charge in [0, 0.05) is 17.4 Å². The maximum absolute atomic E-state index is 13.2. The van der Waals surface area contributed by atoms with Crippen LogP contribution in [-0.2, 0) is 11.0 Å². The lowest BCUT2D eigenvalue weighted by Gasteiger charge is -2.17. The Morgan fingerprint density at radius 2 is 1.62 bits per heavy atom. The molecule has 10 nitrogen and oxygen atoms in total. The van der Waals surface area contributed by atoms with Crippen LogP contribution in [0.25, 0.3) is 17.0 Å². The number of anilines is 2. The molecule has 0 radical (unpaired) electrons. The van der Waals surface area contributed by atoms with Gasteiger partial charge in [-0.1, -0.05) is 26.0 Å². The Morgan fingerprint density at radius 1 is 0.923 bits per heavy atom. The topological polar surface area (TPSA) is 138 Å². The van der Waals surface area contributed by atoms with Gasteiger partial charge in [0.1, 0.15) is 6.04 Å². The maximum Gasteiger partial charge on any atom is 0.418 e. The van der Waals surface area contributed by atoms with Gasteiger partial charge in [0.15, 0.2) is 11.5 Å². The number of hydrogen-bond acceptors (Lipinski definition) is 5. The minimum absolute atomic E-state index is 0.136. The summed E-state index contributed by atoms with van der Waals surface area (Å²) in [5.41, 5.74) is -0.121. The van der Waals surface area contributed by atoms with Crippen LogP contribution in [-0.4, -0.2) is 43.7 Å².